The number of piperazine rings is 1. The molecule has 170 valence electrons. The molecule has 1 aromatic heterocycles. The number of nitrogens with one attached hydrogen (secondary N) is 1. The molecule has 0 unspecified atom stereocenters. The SMILES string of the molecule is CN=C(NCCCn1nc2n(c1=O)CCCC2)N1CCN(c2cccc(Cl)c2)CC1.I. The van der Waals surface area contributed by atoms with E-state index in [0.717, 1.165) is 81.8 Å². The Labute approximate surface area is 205 Å². The molecule has 3 heterocycles. The van der Waals surface area contributed by atoms with E-state index in [2.05, 4.69) is 31.3 Å². The Bertz CT molecular complexity index is 949. The molecule has 0 aliphatic carbocycles. The molecule has 2 aromatic rings. The van der Waals surface area contributed by atoms with Gasteiger partial charge in [0.1, 0.15) is 5.82 Å². The summed E-state index contributed by atoms with van der Waals surface area (Å²) in [5.74, 6) is 1.85. The van der Waals surface area contributed by atoms with Crippen molar-refractivity contribution in [3.8, 4) is 0 Å². The number of anilines is 1. The summed E-state index contributed by atoms with van der Waals surface area (Å²) in [4.78, 5) is 21.5. The Kier molecular flexibility index (Phi) is 8.65. The first-order valence-corrected chi connectivity index (χ1v) is 11.2. The van der Waals surface area contributed by atoms with Crippen LogP contribution in [0.2, 0.25) is 5.02 Å². The van der Waals surface area contributed by atoms with Gasteiger partial charge >= 0.3 is 5.69 Å². The molecule has 1 aromatic carbocycles. The van der Waals surface area contributed by atoms with Gasteiger partial charge in [-0.05, 0) is 37.5 Å². The molecule has 0 atom stereocenters. The molecule has 1 saturated heterocycles. The van der Waals surface area contributed by atoms with Crippen LogP contribution in [0, 0.1) is 0 Å². The summed E-state index contributed by atoms with van der Waals surface area (Å²) in [5.41, 5.74) is 1.20. The van der Waals surface area contributed by atoms with Crippen LogP contribution in [0.15, 0.2) is 34.1 Å². The third-order valence-electron chi connectivity index (χ3n) is 5.83. The Morgan fingerprint density at radius 3 is 2.71 bits per heavy atom. The number of hydrogen-bond acceptors (Lipinski definition) is 4. The van der Waals surface area contributed by atoms with E-state index in [-0.39, 0.29) is 29.7 Å². The Hall–Kier alpha value is -1.75. The first-order valence-electron chi connectivity index (χ1n) is 10.8. The van der Waals surface area contributed by atoms with Crippen molar-refractivity contribution < 1.29 is 0 Å². The summed E-state index contributed by atoms with van der Waals surface area (Å²) >= 11 is 6.13. The van der Waals surface area contributed by atoms with E-state index in [1.165, 1.54) is 5.69 Å². The maximum Gasteiger partial charge on any atom is 0.345 e. The van der Waals surface area contributed by atoms with Crippen LogP contribution in [0.1, 0.15) is 25.1 Å². The lowest BCUT2D eigenvalue weighted by molar-refractivity contribution is 0.371. The van der Waals surface area contributed by atoms with Crippen molar-refractivity contribution in [2.24, 2.45) is 4.99 Å². The average molecular weight is 560 g/mol. The number of benzene rings is 1. The van der Waals surface area contributed by atoms with Crippen molar-refractivity contribution in [3.63, 3.8) is 0 Å². The van der Waals surface area contributed by atoms with Gasteiger partial charge in [0.15, 0.2) is 5.96 Å². The van der Waals surface area contributed by atoms with Gasteiger partial charge in [-0.25, -0.2) is 9.48 Å². The zero-order valence-electron chi connectivity index (χ0n) is 18.0. The van der Waals surface area contributed by atoms with Gasteiger partial charge in [0.25, 0.3) is 0 Å². The van der Waals surface area contributed by atoms with E-state index in [1.54, 1.807) is 4.68 Å². The highest BCUT2D eigenvalue weighted by atomic mass is 127. The number of rotatable bonds is 5. The lowest BCUT2D eigenvalue weighted by Gasteiger charge is -2.37. The minimum atomic E-state index is 0. The minimum Gasteiger partial charge on any atom is -0.368 e. The second kappa shape index (κ2) is 11.2. The van der Waals surface area contributed by atoms with Gasteiger partial charge in [-0.1, -0.05) is 17.7 Å². The molecule has 0 amide bonds. The van der Waals surface area contributed by atoms with E-state index < -0.39 is 0 Å². The number of nitrogens with zero attached hydrogens (tertiary/aromatic N) is 6. The highest BCUT2D eigenvalue weighted by Crippen LogP contribution is 2.20. The molecule has 1 fully saturated rings. The summed E-state index contributed by atoms with van der Waals surface area (Å²) in [6, 6.07) is 8.01. The first-order chi connectivity index (χ1) is 14.7. The Morgan fingerprint density at radius 1 is 1.19 bits per heavy atom. The standard InChI is InChI=1S/C21H30ClN7O.HI/c1-23-20(27-14-12-26(13-15-27)18-7-4-6-17(22)16-18)24-9-5-11-29-21(30)28-10-3-2-8-19(28)25-29;/h4,6-7,16H,2-3,5,8-15H2,1H3,(H,23,24);1H. The second-order valence-electron chi connectivity index (χ2n) is 7.81. The van der Waals surface area contributed by atoms with E-state index in [0.29, 0.717) is 6.54 Å². The molecule has 1 N–H and O–H groups in total. The fourth-order valence-electron chi connectivity index (χ4n) is 4.20. The summed E-state index contributed by atoms with van der Waals surface area (Å²) < 4.78 is 3.45. The van der Waals surface area contributed by atoms with Crippen LogP contribution in [0.25, 0.3) is 0 Å². The van der Waals surface area contributed by atoms with Gasteiger partial charge in [-0.3, -0.25) is 9.56 Å². The number of aryl methyl sites for hydroxylation is 2. The molecule has 0 radical (unpaired) electrons. The number of halogens is 2. The summed E-state index contributed by atoms with van der Waals surface area (Å²) in [6.45, 7) is 5.85. The van der Waals surface area contributed by atoms with Crippen LogP contribution in [0.3, 0.4) is 0 Å². The minimum absolute atomic E-state index is 0. The normalized spacial score (nSPS) is 16.6. The molecule has 2 aliphatic heterocycles. The molecule has 31 heavy (non-hydrogen) atoms. The van der Waals surface area contributed by atoms with Crippen molar-refractivity contribution in [1.82, 2.24) is 24.6 Å². The number of fused-ring (bicyclic) bond motifs is 1. The Balaban J connectivity index is 0.00000272. The van der Waals surface area contributed by atoms with E-state index in [1.807, 2.05) is 29.8 Å². The van der Waals surface area contributed by atoms with Crippen LogP contribution in [0.4, 0.5) is 5.69 Å². The number of hydrogen-bond donors (Lipinski definition) is 1. The van der Waals surface area contributed by atoms with Gasteiger partial charge in [-0.2, -0.15) is 5.10 Å². The predicted molar refractivity (Wildman–Crippen MR) is 136 cm³/mol. The smallest absolute Gasteiger partial charge is 0.345 e. The van der Waals surface area contributed by atoms with Crippen LogP contribution in [-0.4, -0.2) is 65.0 Å². The van der Waals surface area contributed by atoms with Crippen molar-refractivity contribution in [2.45, 2.75) is 38.8 Å². The van der Waals surface area contributed by atoms with Crippen LogP contribution in [-0.2, 0) is 19.5 Å². The van der Waals surface area contributed by atoms with Crippen molar-refractivity contribution in [3.05, 3.63) is 45.6 Å². The topological polar surface area (TPSA) is 70.7 Å². The third kappa shape index (κ3) is 5.74. The number of aliphatic imine (C=N–C) groups is 1. The second-order valence-corrected chi connectivity index (χ2v) is 8.25. The molecule has 0 saturated carbocycles. The van der Waals surface area contributed by atoms with Gasteiger partial charge in [0.05, 0.1) is 0 Å². The fourth-order valence-corrected chi connectivity index (χ4v) is 4.39. The van der Waals surface area contributed by atoms with Crippen LogP contribution in [0.5, 0.6) is 0 Å². The lowest BCUT2D eigenvalue weighted by Crippen LogP contribution is -2.52. The van der Waals surface area contributed by atoms with Crippen LogP contribution >= 0.6 is 35.6 Å². The van der Waals surface area contributed by atoms with Gasteiger partial charge in [0.2, 0.25) is 0 Å². The van der Waals surface area contributed by atoms with Crippen molar-refractivity contribution in [1.29, 1.82) is 0 Å². The first kappa shape index (κ1) is 23.9. The maximum atomic E-state index is 12.4. The van der Waals surface area contributed by atoms with Crippen molar-refractivity contribution >= 4 is 47.2 Å². The molecule has 8 nitrogen and oxygen atoms in total. The zero-order chi connectivity index (χ0) is 20.9. The molecule has 10 heteroatoms. The number of guanidine groups is 1. The molecule has 4 rings (SSSR count). The van der Waals surface area contributed by atoms with Gasteiger partial charge in [-0.15, -0.1) is 24.0 Å². The van der Waals surface area contributed by atoms with E-state index in [4.69, 9.17) is 11.6 Å². The van der Waals surface area contributed by atoms with E-state index in [9.17, 15) is 4.79 Å². The average Bonchev–Trinajstić information content (AvgIpc) is 3.10. The number of aromatic nitrogens is 3. The summed E-state index contributed by atoms with van der Waals surface area (Å²) in [5, 5.41) is 8.71. The summed E-state index contributed by atoms with van der Waals surface area (Å²) in [6.07, 6.45) is 3.94. The third-order valence-corrected chi connectivity index (χ3v) is 6.06. The zero-order valence-corrected chi connectivity index (χ0v) is 21.1. The van der Waals surface area contributed by atoms with Gasteiger partial charge < -0.3 is 15.1 Å². The largest absolute Gasteiger partial charge is 0.368 e. The molecular formula is C21H31ClIN7O. The monoisotopic (exact) mass is 559 g/mol. The van der Waals surface area contributed by atoms with Gasteiger partial charge in [0, 0.05) is 70.0 Å². The predicted octanol–water partition coefficient (Wildman–Crippen LogP) is 2.44. The van der Waals surface area contributed by atoms with Crippen LogP contribution < -0.4 is 15.9 Å². The maximum absolute atomic E-state index is 12.4. The Morgan fingerprint density at radius 2 is 2.00 bits per heavy atom. The van der Waals surface area contributed by atoms with Crippen molar-refractivity contribution in [2.75, 3.05) is 44.7 Å². The molecule has 0 bridgehead atoms. The molecule has 0 spiro atoms. The highest BCUT2D eigenvalue weighted by molar-refractivity contribution is 14.0. The van der Waals surface area contributed by atoms with E-state index >= 15 is 0 Å². The lowest BCUT2D eigenvalue weighted by atomic mass is 10.2. The fraction of sp³-hybridized carbons (Fsp3) is 0.571. The highest BCUT2D eigenvalue weighted by Gasteiger charge is 2.20. The molecule has 2 aliphatic rings. The molecular weight excluding hydrogens is 529 g/mol. The summed E-state index contributed by atoms with van der Waals surface area (Å²) in [7, 11) is 1.82. The quantitative estimate of drug-likeness (QED) is 0.264.